The van der Waals surface area contributed by atoms with E-state index in [1.165, 1.54) is 0 Å². The number of carbonyl (C=O) groups is 2. The Morgan fingerprint density at radius 3 is 2.58 bits per heavy atom. The monoisotopic (exact) mass is 444 g/mol. The van der Waals surface area contributed by atoms with E-state index in [1.807, 2.05) is 57.2 Å². The Morgan fingerprint density at radius 1 is 1.13 bits per heavy atom. The molecule has 1 N–H and O–H groups in total. The van der Waals surface area contributed by atoms with Crippen LogP contribution in [0.4, 0.5) is 0 Å². The smallest absolute Gasteiger partial charge is 0.243 e. The Morgan fingerprint density at radius 2 is 1.87 bits per heavy atom. The Kier molecular flexibility index (Phi) is 7.80. The highest BCUT2D eigenvalue weighted by Crippen LogP contribution is 2.33. The number of amides is 2. The quantitative estimate of drug-likeness (QED) is 0.625. The van der Waals surface area contributed by atoms with Gasteiger partial charge in [-0.15, -0.1) is 0 Å². The molecular weight excluding hydrogens is 416 g/mol. The van der Waals surface area contributed by atoms with Gasteiger partial charge in [0.2, 0.25) is 18.6 Å². The van der Waals surface area contributed by atoms with Crippen LogP contribution in [0.5, 0.6) is 11.5 Å². The molecule has 2 aromatic rings. The maximum atomic E-state index is 13.3. The number of benzene rings is 2. The van der Waals surface area contributed by atoms with Crippen LogP contribution in [0, 0.1) is 0 Å². The highest BCUT2D eigenvalue weighted by atomic mass is 35.5. The van der Waals surface area contributed by atoms with Crippen LogP contribution in [0.2, 0.25) is 5.02 Å². The Balaban J connectivity index is 1.77. The maximum absolute atomic E-state index is 13.3. The molecule has 1 unspecified atom stereocenters. The van der Waals surface area contributed by atoms with Gasteiger partial charge in [-0.05, 0) is 56.0 Å². The summed E-state index contributed by atoms with van der Waals surface area (Å²) in [7, 11) is 0. The van der Waals surface area contributed by atoms with E-state index in [4.69, 9.17) is 21.1 Å². The molecule has 166 valence electrons. The number of aryl methyl sites for hydroxylation is 1. The summed E-state index contributed by atoms with van der Waals surface area (Å²) in [4.78, 5) is 27.8. The molecule has 2 amide bonds. The van der Waals surface area contributed by atoms with Crippen LogP contribution < -0.4 is 14.8 Å². The number of hydrogen-bond acceptors (Lipinski definition) is 4. The molecule has 1 atom stereocenters. The van der Waals surface area contributed by atoms with Gasteiger partial charge in [-0.3, -0.25) is 9.59 Å². The van der Waals surface area contributed by atoms with Gasteiger partial charge in [-0.25, -0.2) is 0 Å². The first-order valence-corrected chi connectivity index (χ1v) is 11.0. The third-order valence-corrected chi connectivity index (χ3v) is 5.55. The highest BCUT2D eigenvalue weighted by Gasteiger charge is 2.29. The van der Waals surface area contributed by atoms with Crippen LogP contribution in [0.25, 0.3) is 0 Å². The first-order chi connectivity index (χ1) is 14.9. The van der Waals surface area contributed by atoms with Crippen LogP contribution >= 0.6 is 11.6 Å². The molecule has 1 heterocycles. The molecule has 0 saturated heterocycles. The predicted octanol–water partition coefficient (Wildman–Crippen LogP) is 4.33. The van der Waals surface area contributed by atoms with Crippen molar-refractivity contribution in [2.75, 3.05) is 6.79 Å². The molecule has 3 rings (SSSR count). The van der Waals surface area contributed by atoms with E-state index in [0.717, 1.165) is 11.1 Å². The average molecular weight is 445 g/mol. The minimum atomic E-state index is -0.567. The van der Waals surface area contributed by atoms with Crippen molar-refractivity contribution in [2.24, 2.45) is 0 Å². The molecule has 0 saturated carbocycles. The van der Waals surface area contributed by atoms with E-state index in [1.54, 1.807) is 11.0 Å². The van der Waals surface area contributed by atoms with Gasteiger partial charge in [0.15, 0.2) is 11.5 Å². The van der Waals surface area contributed by atoms with Crippen LogP contribution in [-0.2, 0) is 22.6 Å². The first-order valence-electron chi connectivity index (χ1n) is 10.6. The number of nitrogens with zero attached hydrogens (tertiary/aromatic N) is 1. The molecule has 6 nitrogen and oxygen atoms in total. The number of nitrogens with one attached hydrogen (secondary N) is 1. The van der Waals surface area contributed by atoms with Crippen molar-refractivity contribution in [1.29, 1.82) is 0 Å². The summed E-state index contributed by atoms with van der Waals surface area (Å²) in [6.45, 7) is 6.22. The number of hydrogen-bond donors (Lipinski definition) is 1. The predicted molar refractivity (Wildman–Crippen MR) is 120 cm³/mol. The summed E-state index contributed by atoms with van der Waals surface area (Å²) in [6.07, 6.45) is 1.32. The van der Waals surface area contributed by atoms with Crippen molar-refractivity contribution in [1.82, 2.24) is 10.2 Å². The molecule has 0 spiro atoms. The number of fused-ring (bicyclic) bond motifs is 1. The number of ether oxygens (including phenoxy) is 2. The molecule has 0 aromatic heterocycles. The molecule has 0 aliphatic carbocycles. The topological polar surface area (TPSA) is 67.9 Å². The van der Waals surface area contributed by atoms with Crippen LogP contribution in [0.3, 0.4) is 0 Å². The molecule has 1 aliphatic rings. The van der Waals surface area contributed by atoms with Gasteiger partial charge in [0.1, 0.15) is 6.04 Å². The second-order valence-corrected chi connectivity index (χ2v) is 8.30. The van der Waals surface area contributed by atoms with Crippen LogP contribution in [-0.4, -0.2) is 35.6 Å². The fraction of sp³-hybridized carbons (Fsp3) is 0.417. The molecule has 31 heavy (non-hydrogen) atoms. The number of halogens is 1. The SMILES string of the molecule is CCC(C(=O)NC(C)C)N(Cc1ccccc1Cl)C(=O)CCc1ccc2c(c1)OCO2. The summed E-state index contributed by atoms with van der Waals surface area (Å²) in [5.41, 5.74) is 1.80. The van der Waals surface area contributed by atoms with E-state index < -0.39 is 6.04 Å². The highest BCUT2D eigenvalue weighted by molar-refractivity contribution is 6.31. The largest absolute Gasteiger partial charge is 0.454 e. The van der Waals surface area contributed by atoms with Crippen LogP contribution in [0.15, 0.2) is 42.5 Å². The fourth-order valence-corrected chi connectivity index (χ4v) is 3.80. The first kappa shape index (κ1) is 22.9. The van der Waals surface area contributed by atoms with Gasteiger partial charge in [0, 0.05) is 24.0 Å². The maximum Gasteiger partial charge on any atom is 0.243 e. The third kappa shape index (κ3) is 5.91. The van der Waals surface area contributed by atoms with Crippen molar-refractivity contribution in [3.05, 3.63) is 58.6 Å². The summed E-state index contributed by atoms with van der Waals surface area (Å²) in [5, 5.41) is 3.51. The Hall–Kier alpha value is -2.73. The van der Waals surface area contributed by atoms with Crippen molar-refractivity contribution in [3.8, 4) is 11.5 Å². The molecule has 0 radical (unpaired) electrons. The lowest BCUT2D eigenvalue weighted by Crippen LogP contribution is -2.50. The fourth-order valence-electron chi connectivity index (χ4n) is 3.60. The number of carbonyl (C=O) groups excluding carboxylic acids is 2. The zero-order valence-corrected chi connectivity index (χ0v) is 18.9. The lowest BCUT2D eigenvalue weighted by Gasteiger charge is -2.31. The molecular formula is C24H29ClN2O4. The lowest BCUT2D eigenvalue weighted by atomic mass is 10.1. The van der Waals surface area contributed by atoms with E-state index in [9.17, 15) is 9.59 Å². The second kappa shape index (κ2) is 10.5. The summed E-state index contributed by atoms with van der Waals surface area (Å²) >= 11 is 6.35. The minimum absolute atomic E-state index is 0.00699. The van der Waals surface area contributed by atoms with Gasteiger partial charge in [0.05, 0.1) is 0 Å². The Labute approximate surface area is 188 Å². The minimum Gasteiger partial charge on any atom is -0.454 e. The van der Waals surface area contributed by atoms with Crippen molar-refractivity contribution < 1.29 is 19.1 Å². The van der Waals surface area contributed by atoms with E-state index >= 15 is 0 Å². The summed E-state index contributed by atoms with van der Waals surface area (Å²) in [6, 6.07) is 12.5. The zero-order valence-electron chi connectivity index (χ0n) is 18.2. The average Bonchev–Trinajstić information content (AvgIpc) is 3.20. The standard InChI is InChI=1S/C24H29ClN2O4/c1-4-20(24(29)26-16(2)3)27(14-18-7-5-6-8-19(18)25)23(28)12-10-17-9-11-21-22(13-17)31-15-30-21/h5-9,11,13,16,20H,4,10,12,14-15H2,1-3H3,(H,26,29). The molecule has 0 bridgehead atoms. The van der Waals surface area contributed by atoms with Crippen molar-refractivity contribution in [3.63, 3.8) is 0 Å². The lowest BCUT2D eigenvalue weighted by molar-refractivity contribution is -0.141. The summed E-state index contributed by atoms with van der Waals surface area (Å²) in [5.74, 6) is 1.16. The van der Waals surface area contributed by atoms with Gasteiger partial charge in [-0.1, -0.05) is 42.8 Å². The van der Waals surface area contributed by atoms with Gasteiger partial charge < -0.3 is 19.7 Å². The van der Waals surface area contributed by atoms with Crippen molar-refractivity contribution in [2.45, 2.75) is 58.7 Å². The van der Waals surface area contributed by atoms with E-state index in [2.05, 4.69) is 5.32 Å². The van der Waals surface area contributed by atoms with E-state index in [-0.39, 0.29) is 37.6 Å². The summed E-state index contributed by atoms with van der Waals surface area (Å²) < 4.78 is 10.8. The molecule has 2 aromatic carbocycles. The molecule has 1 aliphatic heterocycles. The van der Waals surface area contributed by atoms with Crippen molar-refractivity contribution >= 4 is 23.4 Å². The third-order valence-electron chi connectivity index (χ3n) is 5.18. The van der Waals surface area contributed by atoms with Gasteiger partial charge >= 0.3 is 0 Å². The molecule has 7 heteroatoms. The molecule has 0 fully saturated rings. The zero-order chi connectivity index (χ0) is 22.4. The second-order valence-electron chi connectivity index (χ2n) is 7.89. The van der Waals surface area contributed by atoms with Gasteiger partial charge in [-0.2, -0.15) is 0 Å². The van der Waals surface area contributed by atoms with Crippen LogP contribution in [0.1, 0.15) is 44.7 Å². The Bertz CT molecular complexity index is 932. The van der Waals surface area contributed by atoms with E-state index in [0.29, 0.717) is 29.4 Å². The van der Waals surface area contributed by atoms with Gasteiger partial charge in [0.25, 0.3) is 0 Å². The normalized spacial score (nSPS) is 13.2. The number of rotatable bonds is 9.